The maximum absolute atomic E-state index is 13.0. The molecule has 0 saturated carbocycles. The Morgan fingerprint density at radius 1 is 1.31 bits per heavy atom. The number of carbonyl (C=O) groups is 1. The summed E-state index contributed by atoms with van der Waals surface area (Å²) in [7, 11) is 0. The van der Waals surface area contributed by atoms with Crippen molar-refractivity contribution in [3.8, 4) is 10.6 Å². The van der Waals surface area contributed by atoms with Crippen molar-refractivity contribution in [3.05, 3.63) is 57.5 Å². The zero-order chi connectivity index (χ0) is 20.5. The van der Waals surface area contributed by atoms with E-state index in [1.54, 1.807) is 34.3 Å². The lowest BCUT2D eigenvalue weighted by Gasteiger charge is -2.37. The third-order valence-corrected chi connectivity index (χ3v) is 6.59. The minimum Gasteiger partial charge on any atom is -0.338 e. The molecule has 1 fully saturated rings. The summed E-state index contributed by atoms with van der Waals surface area (Å²) in [5, 5.41) is 10.9. The highest BCUT2D eigenvalue weighted by Crippen LogP contribution is 2.29. The molecule has 0 aromatic carbocycles. The first kappa shape index (κ1) is 19.6. The molecule has 3 aromatic heterocycles. The molecule has 0 N–H and O–H groups in total. The van der Waals surface area contributed by atoms with Crippen molar-refractivity contribution in [2.75, 3.05) is 13.1 Å². The van der Waals surface area contributed by atoms with Gasteiger partial charge < -0.3 is 4.90 Å². The molecule has 0 bridgehead atoms. The normalized spacial score (nSPS) is 19.5. The van der Waals surface area contributed by atoms with Gasteiger partial charge in [0.2, 0.25) is 0 Å². The van der Waals surface area contributed by atoms with E-state index in [1.807, 2.05) is 40.9 Å². The first-order valence-electron chi connectivity index (χ1n) is 9.95. The molecule has 3 aromatic rings. The number of amides is 1. The van der Waals surface area contributed by atoms with Gasteiger partial charge in [-0.1, -0.05) is 13.0 Å². The second-order valence-corrected chi connectivity index (χ2v) is 8.47. The molecule has 0 radical (unpaired) electrons. The Morgan fingerprint density at radius 3 is 2.79 bits per heavy atom. The number of thiophene rings is 1. The standard InChI is InChI=1S/C21H25N5O2S/c1-4-25-15(3)16(12-22-25)21(28)24-10-9-18(14(2)13-24)26-20(27)8-7-17(23-26)19-6-5-11-29-19/h5-8,11-12,14,18H,4,9-10,13H2,1-3H3. The van der Waals surface area contributed by atoms with Crippen molar-refractivity contribution in [2.24, 2.45) is 5.92 Å². The molecule has 152 valence electrons. The van der Waals surface area contributed by atoms with Crippen molar-refractivity contribution in [1.82, 2.24) is 24.5 Å². The maximum Gasteiger partial charge on any atom is 0.267 e. The van der Waals surface area contributed by atoms with E-state index >= 15 is 0 Å². The van der Waals surface area contributed by atoms with Gasteiger partial charge in [0.25, 0.3) is 11.5 Å². The SMILES string of the molecule is CCn1ncc(C(=O)N2CCC(n3nc(-c4cccs4)ccc3=O)C(C)C2)c1C. The first-order chi connectivity index (χ1) is 14.0. The fourth-order valence-electron chi connectivity index (χ4n) is 4.05. The van der Waals surface area contributed by atoms with E-state index in [9.17, 15) is 9.59 Å². The molecule has 1 aliphatic heterocycles. The summed E-state index contributed by atoms with van der Waals surface area (Å²) in [5.41, 5.74) is 2.27. The van der Waals surface area contributed by atoms with E-state index in [2.05, 4.69) is 17.1 Å². The van der Waals surface area contributed by atoms with Gasteiger partial charge in [-0.05, 0) is 43.7 Å². The van der Waals surface area contributed by atoms with Gasteiger partial charge in [-0.2, -0.15) is 10.2 Å². The Balaban J connectivity index is 1.54. The van der Waals surface area contributed by atoms with Crippen LogP contribution >= 0.6 is 11.3 Å². The highest BCUT2D eigenvalue weighted by Gasteiger charge is 2.32. The number of aromatic nitrogens is 4. The van der Waals surface area contributed by atoms with E-state index in [4.69, 9.17) is 0 Å². The zero-order valence-electron chi connectivity index (χ0n) is 16.9. The second-order valence-electron chi connectivity index (χ2n) is 7.52. The lowest BCUT2D eigenvalue weighted by Crippen LogP contribution is -2.45. The van der Waals surface area contributed by atoms with Crippen molar-refractivity contribution < 1.29 is 4.79 Å². The molecule has 4 rings (SSSR count). The molecule has 8 heteroatoms. The van der Waals surface area contributed by atoms with Gasteiger partial charge in [-0.3, -0.25) is 14.3 Å². The Kier molecular flexibility index (Phi) is 5.36. The highest BCUT2D eigenvalue weighted by molar-refractivity contribution is 7.13. The molecular weight excluding hydrogens is 386 g/mol. The van der Waals surface area contributed by atoms with E-state index in [0.29, 0.717) is 25.1 Å². The van der Waals surface area contributed by atoms with E-state index in [1.165, 1.54) is 0 Å². The van der Waals surface area contributed by atoms with E-state index < -0.39 is 0 Å². The van der Waals surface area contributed by atoms with Gasteiger partial charge in [-0.15, -0.1) is 11.3 Å². The third-order valence-electron chi connectivity index (χ3n) is 5.69. The topological polar surface area (TPSA) is 73.0 Å². The van der Waals surface area contributed by atoms with E-state index in [-0.39, 0.29) is 23.4 Å². The predicted octanol–water partition coefficient (Wildman–Crippen LogP) is 3.22. The van der Waals surface area contributed by atoms with Crippen LogP contribution in [0.3, 0.4) is 0 Å². The molecule has 1 aliphatic rings. The van der Waals surface area contributed by atoms with Crippen LogP contribution in [0.15, 0.2) is 40.6 Å². The minimum absolute atomic E-state index is 0.0140. The van der Waals surface area contributed by atoms with Gasteiger partial charge in [0.05, 0.1) is 22.7 Å². The number of nitrogens with zero attached hydrogens (tertiary/aromatic N) is 5. The van der Waals surface area contributed by atoms with Crippen molar-refractivity contribution >= 4 is 17.2 Å². The van der Waals surface area contributed by atoms with Gasteiger partial charge in [0.1, 0.15) is 5.69 Å². The highest BCUT2D eigenvalue weighted by atomic mass is 32.1. The fraction of sp³-hybridized carbons (Fsp3) is 0.429. The molecule has 1 amide bonds. The summed E-state index contributed by atoms with van der Waals surface area (Å²) in [6.45, 7) is 7.96. The number of hydrogen-bond acceptors (Lipinski definition) is 5. The van der Waals surface area contributed by atoms with Gasteiger partial charge >= 0.3 is 0 Å². The Morgan fingerprint density at radius 2 is 2.14 bits per heavy atom. The van der Waals surface area contributed by atoms with Crippen LogP contribution in [0.2, 0.25) is 0 Å². The number of carbonyl (C=O) groups excluding carboxylic acids is 1. The Bertz CT molecular complexity index is 1070. The second kappa shape index (κ2) is 7.94. The van der Waals surface area contributed by atoms with Crippen LogP contribution < -0.4 is 5.56 Å². The molecule has 2 unspecified atom stereocenters. The van der Waals surface area contributed by atoms with Crippen LogP contribution in [0, 0.1) is 12.8 Å². The molecule has 2 atom stereocenters. The lowest BCUT2D eigenvalue weighted by molar-refractivity contribution is 0.0607. The van der Waals surface area contributed by atoms with Crippen LogP contribution in [-0.2, 0) is 6.54 Å². The summed E-state index contributed by atoms with van der Waals surface area (Å²) in [5.74, 6) is 0.137. The van der Waals surface area contributed by atoms with Crippen LogP contribution in [0.25, 0.3) is 10.6 Å². The summed E-state index contributed by atoms with van der Waals surface area (Å²) >= 11 is 1.61. The van der Waals surface area contributed by atoms with Crippen LogP contribution in [-0.4, -0.2) is 43.5 Å². The minimum atomic E-state index is -0.0954. The molecular formula is C21H25N5O2S. The molecule has 0 spiro atoms. The third kappa shape index (κ3) is 3.64. The molecule has 1 saturated heterocycles. The molecule has 29 heavy (non-hydrogen) atoms. The van der Waals surface area contributed by atoms with Gasteiger partial charge in [-0.25, -0.2) is 4.68 Å². The van der Waals surface area contributed by atoms with E-state index in [0.717, 1.165) is 22.8 Å². The largest absolute Gasteiger partial charge is 0.338 e. The molecule has 7 nitrogen and oxygen atoms in total. The average molecular weight is 412 g/mol. The van der Waals surface area contributed by atoms with Crippen molar-refractivity contribution in [2.45, 2.75) is 39.8 Å². The number of aryl methyl sites for hydroxylation is 1. The Hall–Kier alpha value is -2.74. The smallest absolute Gasteiger partial charge is 0.267 e. The number of piperidine rings is 1. The summed E-state index contributed by atoms with van der Waals surface area (Å²) in [6, 6.07) is 7.33. The van der Waals surface area contributed by atoms with Gasteiger partial charge in [0.15, 0.2) is 0 Å². The monoisotopic (exact) mass is 411 g/mol. The molecule has 4 heterocycles. The van der Waals surface area contributed by atoms with Crippen LogP contribution in [0.4, 0.5) is 0 Å². The number of hydrogen-bond donors (Lipinski definition) is 0. The average Bonchev–Trinajstić information content (AvgIpc) is 3.38. The van der Waals surface area contributed by atoms with Crippen molar-refractivity contribution in [3.63, 3.8) is 0 Å². The Labute approximate surface area is 173 Å². The first-order valence-corrected chi connectivity index (χ1v) is 10.8. The van der Waals surface area contributed by atoms with Crippen molar-refractivity contribution in [1.29, 1.82) is 0 Å². The number of rotatable bonds is 4. The quantitative estimate of drug-likeness (QED) is 0.661. The van der Waals surface area contributed by atoms with Gasteiger partial charge in [0, 0.05) is 31.4 Å². The van der Waals surface area contributed by atoms with Crippen LogP contribution in [0.1, 0.15) is 42.4 Å². The molecule has 0 aliphatic carbocycles. The lowest BCUT2D eigenvalue weighted by atomic mass is 9.93. The number of likely N-dealkylation sites (tertiary alicyclic amines) is 1. The fourth-order valence-corrected chi connectivity index (χ4v) is 4.74. The maximum atomic E-state index is 13.0. The predicted molar refractivity (Wildman–Crippen MR) is 113 cm³/mol. The summed E-state index contributed by atoms with van der Waals surface area (Å²) < 4.78 is 3.45. The zero-order valence-corrected chi connectivity index (χ0v) is 17.7. The van der Waals surface area contributed by atoms with Crippen LogP contribution in [0.5, 0.6) is 0 Å². The summed E-state index contributed by atoms with van der Waals surface area (Å²) in [4.78, 5) is 28.4. The summed E-state index contributed by atoms with van der Waals surface area (Å²) in [6.07, 6.45) is 2.36.